The molecule has 0 N–H and O–H groups in total. The van der Waals surface area contributed by atoms with E-state index in [0.717, 1.165) is 6.26 Å². The molecule has 0 aliphatic carbocycles. The number of aryl methyl sites for hydroxylation is 1. The average molecular weight is 513 g/mol. The summed E-state index contributed by atoms with van der Waals surface area (Å²) in [6.45, 7) is 4.44. The van der Waals surface area contributed by atoms with Gasteiger partial charge in [0.1, 0.15) is 15.7 Å². The standard InChI is InChI=1S/C27H29FN2O5S/c1-5-29-23-15-18(20-9-7-8-10-21(20)28)11-13-22(23)30(27(29)31)24(17-36(4,32)33)19-12-14-25(34-3)26(16-19)35-6-2/h7-16,24H,5-6,17H2,1-4H3/t24-/m0/s1. The van der Waals surface area contributed by atoms with Crippen molar-refractivity contribution in [3.8, 4) is 22.6 Å². The molecule has 190 valence electrons. The third-order valence-corrected chi connectivity index (χ3v) is 7.03. The molecular formula is C27H29FN2O5S. The van der Waals surface area contributed by atoms with Crippen LogP contribution in [0.15, 0.2) is 65.5 Å². The van der Waals surface area contributed by atoms with E-state index < -0.39 is 15.9 Å². The molecule has 0 unspecified atom stereocenters. The zero-order chi connectivity index (χ0) is 26.0. The van der Waals surface area contributed by atoms with Gasteiger partial charge in [0.25, 0.3) is 0 Å². The maximum Gasteiger partial charge on any atom is 0.329 e. The van der Waals surface area contributed by atoms with Crippen LogP contribution in [0.1, 0.15) is 25.5 Å². The molecule has 0 spiro atoms. The number of ether oxygens (including phenoxy) is 2. The third-order valence-electron chi connectivity index (χ3n) is 6.11. The normalized spacial score (nSPS) is 12.6. The summed E-state index contributed by atoms with van der Waals surface area (Å²) in [5.74, 6) is 0.322. The van der Waals surface area contributed by atoms with E-state index in [9.17, 15) is 17.6 Å². The molecule has 0 radical (unpaired) electrons. The van der Waals surface area contributed by atoms with Gasteiger partial charge < -0.3 is 9.47 Å². The summed E-state index contributed by atoms with van der Waals surface area (Å²) >= 11 is 0. The summed E-state index contributed by atoms with van der Waals surface area (Å²) in [5, 5.41) is 0. The second-order valence-electron chi connectivity index (χ2n) is 8.53. The molecule has 0 saturated heterocycles. The van der Waals surface area contributed by atoms with Crippen molar-refractivity contribution in [3.05, 3.63) is 82.5 Å². The number of imidazole rings is 1. The highest BCUT2D eigenvalue weighted by Crippen LogP contribution is 2.34. The first-order chi connectivity index (χ1) is 17.2. The van der Waals surface area contributed by atoms with Crippen molar-refractivity contribution in [1.82, 2.24) is 9.13 Å². The van der Waals surface area contributed by atoms with Crippen LogP contribution in [0.25, 0.3) is 22.2 Å². The van der Waals surface area contributed by atoms with Crippen molar-refractivity contribution >= 4 is 20.9 Å². The quantitative estimate of drug-likeness (QED) is 0.326. The Balaban J connectivity index is 1.97. The molecule has 0 aliphatic rings. The van der Waals surface area contributed by atoms with Gasteiger partial charge in [-0.1, -0.05) is 30.3 Å². The number of methoxy groups -OCH3 is 1. The number of hydrogen-bond acceptors (Lipinski definition) is 5. The molecule has 0 saturated carbocycles. The molecule has 0 aliphatic heterocycles. The number of aromatic nitrogens is 2. The van der Waals surface area contributed by atoms with Crippen molar-refractivity contribution in [1.29, 1.82) is 0 Å². The number of halogens is 1. The molecule has 0 bridgehead atoms. The largest absolute Gasteiger partial charge is 0.493 e. The maximum absolute atomic E-state index is 14.5. The fourth-order valence-corrected chi connectivity index (χ4v) is 5.44. The first kappa shape index (κ1) is 25.5. The van der Waals surface area contributed by atoms with E-state index in [0.29, 0.717) is 52.4 Å². The van der Waals surface area contributed by atoms with Crippen LogP contribution in [0.4, 0.5) is 4.39 Å². The van der Waals surface area contributed by atoms with Crippen LogP contribution in [0.5, 0.6) is 11.5 Å². The molecule has 4 aromatic rings. The van der Waals surface area contributed by atoms with Crippen molar-refractivity contribution in [3.63, 3.8) is 0 Å². The highest BCUT2D eigenvalue weighted by Gasteiger charge is 2.26. The molecular weight excluding hydrogens is 483 g/mol. The Morgan fingerprint density at radius 3 is 2.36 bits per heavy atom. The highest BCUT2D eigenvalue weighted by molar-refractivity contribution is 7.90. The van der Waals surface area contributed by atoms with E-state index in [1.165, 1.54) is 17.7 Å². The van der Waals surface area contributed by atoms with Crippen molar-refractivity contribution in [2.45, 2.75) is 26.4 Å². The number of rotatable bonds is 9. The van der Waals surface area contributed by atoms with Gasteiger partial charge in [-0.25, -0.2) is 17.6 Å². The Bertz CT molecular complexity index is 1570. The van der Waals surface area contributed by atoms with Gasteiger partial charge in [0, 0.05) is 18.4 Å². The van der Waals surface area contributed by atoms with Crippen LogP contribution in [0.3, 0.4) is 0 Å². The predicted octanol–water partition coefficient (Wildman–Crippen LogP) is 4.67. The summed E-state index contributed by atoms with van der Waals surface area (Å²) < 4.78 is 53.6. The Kier molecular flexibility index (Phi) is 7.21. The summed E-state index contributed by atoms with van der Waals surface area (Å²) in [7, 11) is -1.96. The van der Waals surface area contributed by atoms with E-state index in [2.05, 4.69) is 0 Å². The molecule has 0 amide bonds. The Morgan fingerprint density at radius 1 is 0.972 bits per heavy atom. The summed E-state index contributed by atoms with van der Waals surface area (Å²) in [6, 6.07) is 16.1. The second-order valence-corrected chi connectivity index (χ2v) is 10.7. The van der Waals surface area contributed by atoms with E-state index in [1.807, 2.05) is 13.8 Å². The highest BCUT2D eigenvalue weighted by atomic mass is 32.2. The number of nitrogens with zero attached hydrogens (tertiary/aromatic N) is 2. The molecule has 1 atom stereocenters. The zero-order valence-corrected chi connectivity index (χ0v) is 21.5. The molecule has 0 fully saturated rings. The predicted molar refractivity (Wildman–Crippen MR) is 139 cm³/mol. The van der Waals surface area contributed by atoms with Gasteiger partial charge in [-0.2, -0.15) is 0 Å². The van der Waals surface area contributed by atoms with Gasteiger partial charge >= 0.3 is 5.69 Å². The first-order valence-corrected chi connectivity index (χ1v) is 13.7. The van der Waals surface area contributed by atoms with Crippen LogP contribution < -0.4 is 15.2 Å². The van der Waals surface area contributed by atoms with E-state index in [1.54, 1.807) is 59.2 Å². The van der Waals surface area contributed by atoms with Gasteiger partial charge in [-0.15, -0.1) is 0 Å². The Hall–Kier alpha value is -3.59. The van der Waals surface area contributed by atoms with Crippen molar-refractivity contribution in [2.24, 2.45) is 0 Å². The SMILES string of the molecule is CCOc1cc([C@H](CS(C)(=O)=O)n2c(=O)n(CC)c3cc(-c4ccccc4F)ccc32)ccc1OC. The lowest BCUT2D eigenvalue weighted by Gasteiger charge is -2.20. The van der Waals surface area contributed by atoms with Crippen molar-refractivity contribution < 1.29 is 22.3 Å². The van der Waals surface area contributed by atoms with Crippen molar-refractivity contribution in [2.75, 3.05) is 25.7 Å². The maximum atomic E-state index is 14.5. The number of benzene rings is 3. The monoisotopic (exact) mass is 512 g/mol. The van der Waals surface area contributed by atoms with Crippen LogP contribution >= 0.6 is 0 Å². The molecule has 9 heteroatoms. The lowest BCUT2D eigenvalue weighted by Crippen LogP contribution is -2.31. The average Bonchev–Trinajstić information content (AvgIpc) is 3.12. The molecule has 1 heterocycles. The summed E-state index contributed by atoms with van der Waals surface area (Å²) in [4.78, 5) is 13.7. The number of sulfone groups is 1. The van der Waals surface area contributed by atoms with E-state index in [-0.39, 0.29) is 17.3 Å². The lowest BCUT2D eigenvalue weighted by atomic mass is 10.0. The van der Waals surface area contributed by atoms with Gasteiger partial charge in [-0.3, -0.25) is 9.13 Å². The van der Waals surface area contributed by atoms with Gasteiger partial charge in [0.05, 0.1) is 36.5 Å². The topological polar surface area (TPSA) is 79.5 Å². The van der Waals surface area contributed by atoms with Crippen LogP contribution in [0, 0.1) is 5.82 Å². The Labute approximate surface area is 209 Å². The second kappa shape index (κ2) is 10.2. The summed E-state index contributed by atoms with van der Waals surface area (Å²) in [6.07, 6.45) is 1.15. The lowest BCUT2D eigenvalue weighted by molar-refractivity contribution is 0.310. The minimum absolute atomic E-state index is 0.289. The summed E-state index contributed by atoms with van der Waals surface area (Å²) in [5.41, 5.74) is 2.46. The smallest absolute Gasteiger partial charge is 0.329 e. The fraction of sp³-hybridized carbons (Fsp3) is 0.296. The van der Waals surface area contributed by atoms with Gasteiger partial charge in [-0.05, 0) is 55.3 Å². The molecule has 36 heavy (non-hydrogen) atoms. The van der Waals surface area contributed by atoms with E-state index >= 15 is 0 Å². The van der Waals surface area contributed by atoms with Crippen LogP contribution in [-0.4, -0.2) is 43.3 Å². The van der Waals surface area contributed by atoms with Gasteiger partial charge in [0.15, 0.2) is 11.5 Å². The molecule has 1 aromatic heterocycles. The van der Waals surface area contributed by atoms with Crippen LogP contribution in [-0.2, 0) is 16.4 Å². The number of fused-ring (bicyclic) bond motifs is 1. The first-order valence-electron chi connectivity index (χ1n) is 11.7. The fourth-order valence-electron chi connectivity index (χ4n) is 4.52. The zero-order valence-electron chi connectivity index (χ0n) is 20.7. The number of hydrogen-bond donors (Lipinski definition) is 0. The Morgan fingerprint density at radius 2 is 1.72 bits per heavy atom. The van der Waals surface area contributed by atoms with Crippen LogP contribution in [0.2, 0.25) is 0 Å². The minimum atomic E-state index is -3.49. The molecule has 7 nitrogen and oxygen atoms in total. The third kappa shape index (κ3) is 4.88. The minimum Gasteiger partial charge on any atom is -0.493 e. The molecule has 4 rings (SSSR count). The van der Waals surface area contributed by atoms with Gasteiger partial charge in [0.2, 0.25) is 0 Å². The van der Waals surface area contributed by atoms with E-state index in [4.69, 9.17) is 9.47 Å². The molecule has 3 aromatic carbocycles.